The van der Waals surface area contributed by atoms with Crippen LogP contribution in [-0.4, -0.2) is 75.4 Å². The van der Waals surface area contributed by atoms with Gasteiger partial charge in [-0.3, -0.25) is 9.80 Å². The van der Waals surface area contributed by atoms with Gasteiger partial charge in [-0.1, -0.05) is 12.1 Å². The molecule has 4 nitrogen and oxygen atoms in total. The minimum Gasteiger partial charge on any atom is -0.379 e. The fraction of sp³-hybridized carbons (Fsp3) is 0.647. The van der Waals surface area contributed by atoms with Crippen molar-refractivity contribution < 1.29 is 9.13 Å². The van der Waals surface area contributed by atoms with Gasteiger partial charge in [0.1, 0.15) is 5.82 Å². The molecule has 0 amide bonds. The molecule has 0 unspecified atom stereocenters. The second-order valence-electron chi connectivity index (χ2n) is 6.09. The van der Waals surface area contributed by atoms with Crippen LogP contribution in [0, 0.1) is 5.82 Å². The second-order valence-corrected chi connectivity index (χ2v) is 6.09. The minimum atomic E-state index is -0.108. The monoisotopic (exact) mass is 307 g/mol. The predicted molar refractivity (Wildman–Crippen MR) is 86.9 cm³/mol. The lowest BCUT2D eigenvalue weighted by Crippen LogP contribution is -2.47. The zero-order valence-electron chi connectivity index (χ0n) is 13.2. The second kappa shape index (κ2) is 7.90. The van der Waals surface area contributed by atoms with Crippen LogP contribution in [0.1, 0.15) is 6.42 Å². The van der Waals surface area contributed by atoms with Gasteiger partial charge in [-0.15, -0.1) is 0 Å². The van der Waals surface area contributed by atoms with Gasteiger partial charge in [0, 0.05) is 39.3 Å². The lowest BCUT2D eigenvalue weighted by molar-refractivity contribution is 0.0360. The first-order valence-electron chi connectivity index (χ1n) is 8.35. The van der Waals surface area contributed by atoms with E-state index in [4.69, 9.17) is 4.74 Å². The molecule has 2 aliphatic rings. The van der Waals surface area contributed by atoms with E-state index in [9.17, 15) is 4.39 Å². The number of hydrogen-bond donors (Lipinski definition) is 0. The lowest BCUT2D eigenvalue weighted by atomic mass is 10.2. The molecule has 0 saturated carbocycles. The molecular formula is C17H26FN3O. The largest absolute Gasteiger partial charge is 0.379 e. The first-order chi connectivity index (χ1) is 10.8. The Morgan fingerprint density at radius 3 is 2.18 bits per heavy atom. The highest BCUT2D eigenvalue weighted by molar-refractivity contribution is 5.47. The Balaban J connectivity index is 1.37. The molecule has 0 N–H and O–H groups in total. The van der Waals surface area contributed by atoms with Crippen LogP contribution in [0.25, 0.3) is 0 Å². The van der Waals surface area contributed by atoms with Gasteiger partial charge >= 0.3 is 0 Å². The highest BCUT2D eigenvalue weighted by Gasteiger charge is 2.19. The number of morpholine rings is 1. The van der Waals surface area contributed by atoms with Crippen molar-refractivity contribution in [3.05, 3.63) is 30.1 Å². The molecule has 122 valence electrons. The van der Waals surface area contributed by atoms with Crippen LogP contribution in [0.5, 0.6) is 0 Å². The molecule has 2 heterocycles. The summed E-state index contributed by atoms with van der Waals surface area (Å²) in [5, 5.41) is 0. The number of piperazine rings is 1. The maximum absolute atomic E-state index is 13.8. The average Bonchev–Trinajstić information content (AvgIpc) is 2.57. The van der Waals surface area contributed by atoms with E-state index in [1.165, 1.54) is 6.42 Å². The molecule has 0 aromatic heterocycles. The van der Waals surface area contributed by atoms with Crippen molar-refractivity contribution in [3.63, 3.8) is 0 Å². The molecule has 1 aromatic carbocycles. The predicted octanol–water partition coefficient (Wildman–Crippen LogP) is 1.67. The molecule has 1 aromatic rings. The number of benzene rings is 1. The molecule has 22 heavy (non-hydrogen) atoms. The van der Waals surface area contributed by atoms with Crippen molar-refractivity contribution >= 4 is 5.69 Å². The third kappa shape index (κ3) is 4.18. The molecule has 3 rings (SSSR count). The highest BCUT2D eigenvalue weighted by atomic mass is 19.1. The maximum atomic E-state index is 13.8. The molecule has 2 saturated heterocycles. The molecule has 5 heteroatoms. The van der Waals surface area contributed by atoms with Crippen LogP contribution < -0.4 is 4.90 Å². The number of halogens is 1. The van der Waals surface area contributed by atoms with E-state index in [-0.39, 0.29) is 5.82 Å². The summed E-state index contributed by atoms with van der Waals surface area (Å²) >= 11 is 0. The van der Waals surface area contributed by atoms with Crippen molar-refractivity contribution in [2.45, 2.75) is 6.42 Å². The van der Waals surface area contributed by atoms with Gasteiger partial charge in [-0.2, -0.15) is 0 Å². The van der Waals surface area contributed by atoms with E-state index in [1.807, 2.05) is 12.1 Å². The summed E-state index contributed by atoms with van der Waals surface area (Å²) in [6, 6.07) is 7.08. The van der Waals surface area contributed by atoms with E-state index in [1.54, 1.807) is 12.1 Å². The summed E-state index contributed by atoms with van der Waals surface area (Å²) in [6.07, 6.45) is 1.21. The summed E-state index contributed by atoms with van der Waals surface area (Å²) in [4.78, 5) is 7.14. The van der Waals surface area contributed by atoms with Gasteiger partial charge < -0.3 is 9.64 Å². The number of rotatable bonds is 5. The van der Waals surface area contributed by atoms with E-state index >= 15 is 0 Å². The molecule has 0 radical (unpaired) electrons. The summed E-state index contributed by atoms with van der Waals surface area (Å²) in [7, 11) is 0. The quantitative estimate of drug-likeness (QED) is 0.823. The summed E-state index contributed by atoms with van der Waals surface area (Å²) in [5.41, 5.74) is 0.746. The minimum absolute atomic E-state index is 0.108. The Labute approximate surface area is 132 Å². The Morgan fingerprint density at radius 1 is 0.864 bits per heavy atom. The third-order valence-electron chi connectivity index (χ3n) is 4.62. The fourth-order valence-electron chi connectivity index (χ4n) is 3.26. The van der Waals surface area contributed by atoms with E-state index in [2.05, 4.69) is 14.7 Å². The zero-order valence-corrected chi connectivity index (χ0v) is 13.2. The summed E-state index contributed by atoms with van der Waals surface area (Å²) < 4.78 is 19.2. The Bertz CT molecular complexity index is 457. The van der Waals surface area contributed by atoms with Crippen LogP contribution >= 0.6 is 0 Å². The number of ether oxygens (including phenoxy) is 1. The zero-order chi connectivity index (χ0) is 15.2. The number of anilines is 1. The first kappa shape index (κ1) is 15.7. The molecular weight excluding hydrogens is 281 g/mol. The van der Waals surface area contributed by atoms with Gasteiger partial charge in [-0.05, 0) is 31.6 Å². The van der Waals surface area contributed by atoms with Crippen LogP contribution in [0.2, 0.25) is 0 Å². The Kier molecular flexibility index (Phi) is 5.64. The average molecular weight is 307 g/mol. The van der Waals surface area contributed by atoms with Gasteiger partial charge in [0.05, 0.1) is 18.9 Å². The van der Waals surface area contributed by atoms with Gasteiger partial charge in [0.15, 0.2) is 0 Å². The SMILES string of the molecule is Fc1ccccc1N1CCN(CCCN2CCOCC2)CC1. The van der Waals surface area contributed by atoms with E-state index in [0.717, 1.165) is 71.3 Å². The van der Waals surface area contributed by atoms with E-state index in [0.29, 0.717) is 0 Å². The molecule has 0 atom stereocenters. The van der Waals surface area contributed by atoms with Gasteiger partial charge in [-0.25, -0.2) is 4.39 Å². The number of hydrogen-bond acceptors (Lipinski definition) is 4. The summed E-state index contributed by atoms with van der Waals surface area (Å²) in [5.74, 6) is -0.108. The van der Waals surface area contributed by atoms with Crippen LogP contribution in [0.3, 0.4) is 0 Å². The Hall–Kier alpha value is -1.17. The van der Waals surface area contributed by atoms with Gasteiger partial charge in [0.2, 0.25) is 0 Å². The molecule has 0 spiro atoms. The first-order valence-corrected chi connectivity index (χ1v) is 8.35. The van der Waals surface area contributed by atoms with Crippen molar-refractivity contribution in [1.82, 2.24) is 9.80 Å². The number of para-hydroxylation sites is 1. The number of nitrogens with zero attached hydrogens (tertiary/aromatic N) is 3. The van der Waals surface area contributed by atoms with Crippen LogP contribution in [0.15, 0.2) is 24.3 Å². The van der Waals surface area contributed by atoms with Crippen molar-refractivity contribution in [1.29, 1.82) is 0 Å². The van der Waals surface area contributed by atoms with Crippen molar-refractivity contribution in [2.24, 2.45) is 0 Å². The van der Waals surface area contributed by atoms with Crippen molar-refractivity contribution in [3.8, 4) is 0 Å². The molecule has 2 fully saturated rings. The molecule has 0 aliphatic carbocycles. The standard InChI is InChI=1S/C17H26FN3O/c18-16-4-1-2-5-17(16)21-10-8-19(9-11-21)6-3-7-20-12-14-22-15-13-20/h1-2,4-5H,3,6-15H2. The smallest absolute Gasteiger partial charge is 0.146 e. The fourth-order valence-corrected chi connectivity index (χ4v) is 3.26. The highest BCUT2D eigenvalue weighted by Crippen LogP contribution is 2.20. The van der Waals surface area contributed by atoms with Crippen LogP contribution in [0.4, 0.5) is 10.1 Å². The molecule has 0 bridgehead atoms. The van der Waals surface area contributed by atoms with Crippen LogP contribution in [-0.2, 0) is 4.74 Å². The van der Waals surface area contributed by atoms with Gasteiger partial charge in [0.25, 0.3) is 0 Å². The van der Waals surface area contributed by atoms with E-state index < -0.39 is 0 Å². The molecule has 2 aliphatic heterocycles. The Morgan fingerprint density at radius 2 is 1.50 bits per heavy atom. The topological polar surface area (TPSA) is 19.0 Å². The third-order valence-corrected chi connectivity index (χ3v) is 4.62. The normalized spacial score (nSPS) is 21.2. The maximum Gasteiger partial charge on any atom is 0.146 e. The lowest BCUT2D eigenvalue weighted by Gasteiger charge is -2.36. The summed E-state index contributed by atoms with van der Waals surface area (Å²) in [6.45, 7) is 10.1. The van der Waals surface area contributed by atoms with Crippen molar-refractivity contribution in [2.75, 3.05) is 70.5 Å².